The summed E-state index contributed by atoms with van der Waals surface area (Å²) in [5.74, 6) is 0.926. The smallest absolute Gasteiger partial charge is 0.220 e. The van der Waals surface area contributed by atoms with Crippen LogP contribution in [0, 0.1) is 0 Å². The third-order valence-corrected chi connectivity index (χ3v) is 5.24. The molecule has 2 aromatic heterocycles. The quantitative estimate of drug-likeness (QED) is 0.703. The predicted octanol–water partition coefficient (Wildman–Crippen LogP) is 1.09. The lowest BCUT2D eigenvalue weighted by atomic mass is 10.2. The highest BCUT2D eigenvalue weighted by atomic mass is 32.1. The molecule has 3 rings (SSSR count). The van der Waals surface area contributed by atoms with E-state index in [-0.39, 0.29) is 11.9 Å². The number of thiophene rings is 1. The zero-order valence-electron chi connectivity index (χ0n) is 15.1. The Morgan fingerprint density at radius 1 is 1.42 bits per heavy atom. The maximum absolute atomic E-state index is 12.1. The van der Waals surface area contributed by atoms with E-state index >= 15 is 0 Å². The summed E-state index contributed by atoms with van der Waals surface area (Å²) in [6.07, 6.45) is 2.07. The molecule has 8 nitrogen and oxygen atoms in total. The Morgan fingerprint density at radius 3 is 3.04 bits per heavy atom. The second-order valence-corrected chi connectivity index (χ2v) is 7.59. The van der Waals surface area contributed by atoms with Gasteiger partial charge >= 0.3 is 0 Å². The largest absolute Gasteiger partial charge is 0.379 e. The van der Waals surface area contributed by atoms with E-state index in [0.717, 1.165) is 51.5 Å². The molecule has 0 radical (unpaired) electrons. The van der Waals surface area contributed by atoms with E-state index in [1.54, 1.807) is 16.0 Å². The van der Waals surface area contributed by atoms with Crippen molar-refractivity contribution in [1.29, 1.82) is 0 Å². The third kappa shape index (κ3) is 5.86. The topological polar surface area (TPSA) is 85.2 Å². The number of nitrogens with one attached hydrogen (secondary N) is 1. The van der Waals surface area contributed by atoms with Crippen molar-refractivity contribution >= 4 is 17.2 Å². The minimum absolute atomic E-state index is 0.0804. The number of aromatic nitrogens is 4. The molecule has 1 aliphatic heterocycles. The summed E-state index contributed by atoms with van der Waals surface area (Å²) in [5.41, 5.74) is 0. The van der Waals surface area contributed by atoms with Gasteiger partial charge in [0, 0.05) is 43.4 Å². The molecule has 0 spiro atoms. The van der Waals surface area contributed by atoms with Gasteiger partial charge in [-0.05, 0) is 35.2 Å². The van der Waals surface area contributed by atoms with E-state index in [1.807, 2.05) is 13.0 Å². The third-order valence-electron chi connectivity index (χ3n) is 4.34. The van der Waals surface area contributed by atoms with Crippen molar-refractivity contribution in [3.8, 4) is 0 Å². The molecule has 2 aromatic rings. The number of morpholine rings is 1. The highest BCUT2D eigenvalue weighted by molar-refractivity contribution is 7.09. The number of rotatable bonds is 9. The first kappa shape index (κ1) is 18.9. The van der Waals surface area contributed by atoms with Crippen LogP contribution in [0.2, 0.25) is 0 Å². The first-order valence-corrected chi connectivity index (χ1v) is 9.95. The summed E-state index contributed by atoms with van der Waals surface area (Å²) < 4.78 is 7.16. The molecule has 1 amide bonds. The molecule has 142 valence electrons. The molecular formula is C17H26N6O2S. The Kier molecular flexibility index (Phi) is 7.10. The molecule has 26 heavy (non-hydrogen) atoms. The van der Waals surface area contributed by atoms with Gasteiger partial charge < -0.3 is 10.1 Å². The lowest BCUT2D eigenvalue weighted by Gasteiger charge is -2.25. The van der Waals surface area contributed by atoms with Crippen LogP contribution in [0.4, 0.5) is 0 Å². The van der Waals surface area contributed by atoms with E-state index in [0.29, 0.717) is 13.0 Å². The monoisotopic (exact) mass is 378 g/mol. The molecule has 0 saturated carbocycles. The molecule has 0 aliphatic carbocycles. The number of ether oxygens (including phenoxy) is 1. The second kappa shape index (κ2) is 9.75. The summed E-state index contributed by atoms with van der Waals surface area (Å²) in [6, 6.07) is 4.28. The van der Waals surface area contributed by atoms with Gasteiger partial charge in [-0.2, -0.15) is 0 Å². The Hall–Kier alpha value is -1.84. The number of amides is 1. The number of hydrogen-bond donors (Lipinski definition) is 1. The van der Waals surface area contributed by atoms with E-state index in [4.69, 9.17) is 4.74 Å². The Labute approximate surface area is 157 Å². The maximum Gasteiger partial charge on any atom is 0.220 e. The Bertz CT molecular complexity index is 669. The number of nitrogens with zero attached hydrogens (tertiary/aromatic N) is 5. The van der Waals surface area contributed by atoms with Gasteiger partial charge in [0.1, 0.15) is 0 Å². The molecule has 3 heterocycles. The van der Waals surface area contributed by atoms with Gasteiger partial charge in [-0.15, -0.1) is 16.4 Å². The van der Waals surface area contributed by atoms with Gasteiger partial charge in [-0.25, -0.2) is 4.68 Å². The molecule has 0 aromatic carbocycles. The van der Waals surface area contributed by atoms with E-state index in [9.17, 15) is 4.79 Å². The predicted molar refractivity (Wildman–Crippen MR) is 98.8 cm³/mol. The van der Waals surface area contributed by atoms with Crippen molar-refractivity contribution < 1.29 is 9.53 Å². The highest BCUT2D eigenvalue weighted by Gasteiger charge is 2.15. The average Bonchev–Trinajstić information content (AvgIpc) is 3.28. The summed E-state index contributed by atoms with van der Waals surface area (Å²) in [6.45, 7) is 6.73. The summed E-state index contributed by atoms with van der Waals surface area (Å²) in [5, 5.41) is 17.1. The highest BCUT2D eigenvalue weighted by Crippen LogP contribution is 2.11. The molecule has 1 fully saturated rings. The molecule has 9 heteroatoms. The fourth-order valence-corrected chi connectivity index (χ4v) is 3.82. The molecule has 1 saturated heterocycles. The van der Waals surface area contributed by atoms with Crippen LogP contribution in [0.1, 0.15) is 30.5 Å². The lowest BCUT2D eigenvalue weighted by Crippen LogP contribution is -2.36. The van der Waals surface area contributed by atoms with Gasteiger partial charge in [-0.3, -0.25) is 9.69 Å². The van der Waals surface area contributed by atoms with Crippen LogP contribution < -0.4 is 5.32 Å². The minimum atomic E-state index is 0.0804. The SMILES string of the molecule is C[C@@H](Cc1cccs1)NC(=O)CCCn1nnnc1CN1CCOCC1. The first-order valence-electron chi connectivity index (χ1n) is 9.07. The average molecular weight is 379 g/mol. The standard InChI is InChI=1S/C17H26N6O2S/c1-14(12-15-4-3-11-26-15)18-17(24)5-2-6-23-16(19-20-21-23)13-22-7-9-25-10-8-22/h3-4,11,14H,2,5-10,12-13H2,1H3,(H,18,24)/t14-/m0/s1. The Balaban J connectivity index is 1.37. The summed E-state index contributed by atoms with van der Waals surface area (Å²) in [7, 11) is 0. The van der Waals surface area contributed by atoms with Crippen LogP contribution in [0.3, 0.4) is 0 Å². The molecule has 1 atom stereocenters. The van der Waals surface area contributed by atoms with Crippen LogP contribution in [-0.4, -0.2) is 63.4 Å². The van der Waals surface area contributed by atoms with Crippen molar-refractivity contribution in [3.63, 3.8) is 0 Å². The van der Waals surface area contributed by atoms with Crippen molar-refractivity contribution in [2.75, 3.05) is 26.3 Å². The van der Waals surface area contributed by atoms with Gasteiger partial charge in [0.25, 0.3) is 0 Å². The maximum atomic E-state index is 12.1. The van der Waals surface area contributed by atoms with Crippen LogP contribution in [0.15, 0.2) is 17.5 Å². The summed E-state index contributed by atoms with van der Waals surface area (Å²) >= 11 is 1.72. The fourth-order valence-electron chi connectivity index (χ4n) is 2.99. The van der Waals surface area contributed by atoms with Crippen LogP contribution in [-0.2, 0) is 29.0 Å². The molecule has 0 unspecified atom stereocenters. The normalized spacial score (nSPS) is 16.5. The Morgan fingerprint density at radius 2 is 2.27 bits per heavy atom. The summed E-state index contributed by atoms with van der Waals surface area (Å²) in [4.78, 5) is 15.7. The van der Waals surface area contributed by atoms with Gasteiger partial charge in [0.2, 0.25) is 5.91 Å². The number of aryl methyl sites for hydroxylation is 1. The van der Waals surface area contributed by atoms with Crippen molar-refractivity contribution in [3.05, 3.63) is 28.2 Å². The van der Waals surface area contributed by atoms with Crippen LogP contribution in [0.5, 0.6) is 0 Å². The number of carbonyl (C=O) groups excluding carboxylic acids is 1. The number of carbonyl (C=O) groups is 1. The first-order chi connectivity index (χ1) is 12.7. The van der Waals surface area contributed by atoms with Gasteiger partial charge in [0.05, 0.1) is 19.8 Å². The molecular weight excluding hydrogens is 352 g/mol. The number of hydrogen-bond acceptors (Lipinski definition) is 7. The van der Waals surface area contributed by atoms with Crippen molar-refractivity contribution in [2.45, 2.75) is 45.3 Å². The van der Waals surface area contributed by atoms with E-state index in [2.05, 4.69) is 37.2 Å². The zero-order valence-corrected chi connectivity index (χ0v) is 16.0. The molecule has 1 N–H and O–H groups in total. The van der Waals surface area contributed by atoms with E-state index < -0.39 is 0 Å². The minimum Gasteiger partial charge on any atom is -0.379 e. The van der Waals surface area contributed by atoms with E-state index in [1.165, 1.54) is 4.88 Å². The fraction of sp³-hybridized carbons (Fsp3) is 0.647. The zero-order chi connectivity index (χ0) is 18.2. The van der Waals surface area contributed by atoms with Crippen LogP contribution >= 0.6 is 11.3 Å². The lowest BCUT2D eigenvalue weighted by molar-refractivity contribution is -0.121. The second-order valence-electron chi connectivity index (χ2n) is 6.56. The van der Waals surface area contributed by atoms with Crippen molar-refractivity contribution in [2.24, 2.45) is 0 Å². The van der Waals surface area contributed by atoms with Crippen molar-refractivity contribution in [1.82, 2.24) is 30.4 Å². The van der Waals surface area contributed by atoms with Gasteiger partial charge in [-0.1, -0.05) is 6.07 Å². The molecule has 1 aliphatic rings. The van der Waals surface area contributed by atoms with Gasteiger partial charge in [0.15, 0.2) is 5.82 Å². The number of tetrazole rings is 1. The van der Waals surface area contributed by atoms with Crippen LogP contribution in [0.25, 0.3) is 0 Å². The molecule has 0 bridgehead atoms.